The number of rotatable bonds is 5. The average molecular weight is 267 g/mol. The van der Waals surface area contributed by atoms with E-state index in [2.05, 4.69) is 10.1 Å². The number of furan rings is 1. The quantitative estimate of drug-likeness (QED) is 0.795. The van der Waals surface area contributed by atoms with Crippen LogP contribution in [0.4, 0.5) is 0 Å². The van der Waals surface area contributed by atoms with E-state index >= 15 is 0 Å². The molecule has 1 aromatic rings. The van der Waals surface area contributed by atoms with Gasteiger partial charge in [0.2, 0.25) is 0 Å². The Kier molecular flexibility index (Phi) is 4.99. The number of hydrogen-bond acceptors (Lipinski definition) is 5. The zero-order chi connectivity index (χ0) is 13.7. The molecule has 0 radical (unpaired) electrons. The van der Waals surface area contributed by atoms with Gasteiger partial charge >= 0.3 is 5.97 Å². The van der Waals surface area contributed by atoms with Crippen LogP contribution in [0, 0.1) is 5.92 Å². The molecule has 0 spiro atoms. The van der Waals surface area contributed by atoms with E-state index in [1.165, 1.54) is 13.4 Å². The SMILES string of the molecule is COC(=O)c1coc(CNCC2CCCC(O)C2)c1. The van der Waals surface area contributed by atoms with Crippen molar-refractivity contribution in [1.29, 1.82) is 0 Å². The molecule has 2 atom stereocenters. The van der Waals surface area contributed by atoms with Crippen molar-refractivity contribution in [3.63, 3.8) is 0 Å². The first-order valence-corrected chi connectivity index (χ1v) is 6.73. The number of methoxy groups -OCH3 is 1. The maximum Gasteiger partial charge on any atom is 0.341 e. The van der Waals surface area contributed by atoms with E-state index in [1.807, 2.05) is 0 Å². The minimum absolute atomic E-state index is 0.143. The average Bonchev–Trinajstić information content (AvgIpc) is 2.87. The van der Waals surface area contributed by atoms with Crippen molar-refractivity contribution in [2.24, 2.45) is 5.92 Å². The predicted molar refractivity (Wildman–Crippen MR) is 69.7 cm³/mol. The van der Waals surface area contributed by atoms with Crippen LogP contribution in [0.2, 0.25) is 0 Å². The summed E-state index contributed by atoms with van der Waals surface area (Å²) < 4.78 is 9.90. The Bertz CT molecular complexity index is 415. The summed E-state index contributed by atoms with van der Waals surface area (Å²) in [5.41, 5.74) is 0.437. The Morgan fingerprint density at radius 1 is 1.58 bits per heavy atom. The molecule has 2 unspecified atom stereocenters. The minimum atomic E-state index is -0.384. The van der Waals surface area contributed by atoms with Crippen LogP contribution in [0.1, 0.15) is 41.8 Å². The summed E-state index contributed by atoms with van der Waals surface area (Å²) in [5.74, 6) is 0.862. The van der Waals surface area contributed by atoms with Crippen LogP contribution in [-0.2, 0) is 11.3 Å². The van der Waals surface area contributed by atoms with Crippen molar-refractivity contribution >= 4 is 5.97 Å². The van der Waals surface area contributed by atoms with E-state index in [0.29, 0.717) is 18.0 Å². The van der Waals surface area contributed by atoms with E-state index in [4.69, 9.17) is 4.42 Å². The maximum atomic E-state index is 11.3. The molecule has 5 heteroatoms. The summed E-state index contributed by atoms with van der Waals surface area (Å²) in [5, 5.41) is 12.9. The van der Waals surface area contributed by atoms with Gasteiger partial charge in [-0.2, -0.15) is 0 Å². The molecule has 0 saturated heterocycles. The Morgan fingerprint density at radius 3 is 3.16 bits per heavy atom. The minimum Gasteiger partial charge on any atom is -0.467 e. The summed E-state index contributed by atoms with van der Waals surface area (Å²) in [6.07, 6.45) is 5.33. The summed E-state index contributed by atoms with van der Waals surface area (Å²) in [4.78, 5) is 11.3. The van der Waals surface area contributed by atoms with Crippen molar-refractivity contribution in [2.75, 3.05) is 13.7 Å². The Labute approximate surface area is 112 Å². The normalized spacial score (nSPS) is 23.3. The lowest BCUT2D eigenvalue weighted by molar-refractivity contribution is 0.0600. The van der Waals surface area contributed by atoms with Crippen LogP contribution in [0.15, 0.2) is 16.7 Å². The third kappa shape index (κ3) is 4.08. The molecular formula is C14H21NO4. The van der Waals surface area contributed by atoms with Gasteiger partial charge in [-0.15, -0.1) is 0 Å². The Morgan fingerprint density at radius 2 is 2.42 bits per heavy atom. The lowest BCUT2D eigenvalue weighted by atomic mass is 9.87. The molecule has 1 saturated carbocycles. The van der Waals surface area contributed by atoms with Crippen LogP contribution in [0.5, 0.6) is 0 Å². The molecule has 19 heavy (non-hydrogen) atoms. The van der Waals surface area contributed by atoms with Crippen LogP contribution in [-0.4, -0.2) is 30.8 Å². The predicted octanol–water partition coefficient (Wildman–Crippen LogP) is 1.71. The van der Waals surface area contributed by atoms with Gasteiger partial charge in [0.1, 0.15) is 12.0 Å². The number of carbonyl (C=O) groups is 1. The van der Waals surface area contributed by atoms with Crippen molar-refractivity contribution in [1.82, 2.24) is 5.32 Å². The van der Waals surface area contributed by atoms with Gasteiger partial charge in [0.05, 0.1) is 25.3 Å². The highest BCUT2D eigenvalue weighted by Crippen LogP contribution is 2.23. The summed E-state index contributed by atoms with van der Waals surface area (Å²) in [6, 6.07) is 1.69. The van der Waals surface area contributed by atoms with Gasteiger partial charge in [-0.3, -0.25) is 0 Å². The molecular weight excluding hydrogens is 246 g/mol. The highest BCUT2D eigenvalue weighted by atomic mass is 16.5. The van der Waals surface area contributed by atoms with E-state index < -0.39 is 0 Å². The van der Waals surface area contributed by atoms with Crippen LogP contribution < -0.4 is 5.32 Å². The van der Waals surface area contributed by atoms with Gasteiger partial charge in [-0.05, 0) is 37.8 Å². The fraction of sp³-hybridized carbons (Fsp3) is 0.643. The molecule has 5 nitrogen and oxygen atoms in total. The van der Waals surface area contributed by atoms with Crippen LogP contribution in [0.3, 0.4) is 0 Å². The first kappa shape index (κ1) is 14.1. The molecule has 2 N–H and O–H groups in total. The van der Waals surface area contributed by atoms with Crippen LogP contribution in [0.25, 0.3) is 0 Å². The maximum absolute atomic E-state index is 11.3. The molecule has 0 aromatic carbocycles. The van der Waals surface area contributed by atoms with Crippen molar-refractivity contribution in [3.05, 3.63) is 23.7 Å². The number of aliphatic hydroxyl groups excluding tert-OH is 1. The fourth-order valence-electron chi connectivity index (χ4n) is 2.55. The van der Waals surface area contributed by atoms with Crippen molar-refractivity contribution in [3.8, 4) is 0 Å². The van der Waals surface area contributed by atoms with Gasteiger partial charge < -0.3 is 19.6 Å². The molecule has 1 aliphatic rings. The number of ether oxygens (including phenoxy) is 1. The van der Waals surface area contributed by atoms with Gasteiger partial charge in [0, 0.05) is 0 Å². The first-order valence-electron chi connectivity index (χ1n) is 6.73. The van der Waals surface area contributed by atoms with E-state index in [9.17, 15) is 9.90 Å². The highest BCUT2D eigenvalue weighted by molar-refractivity contribution is 5.88. The standard InChI is InChI=1S/C14H21NO4/c1-18-14(17)11-6-13(19-9-11)8-15-7-10-3-2-4-12(16)5-10/h6,9-10,12,15-16H,2-5,7-8H2,1H3. The van der Waals surface area contributed by atoms with Crippen molar-refractivity contribution in [2.45, 2.75) is 38.3 Å². The second kappa shape index (κ2) is 6.73. The molecule has 1 aromatic heterocycles. The lowest BCUT2D eigenvalue weighted by Gasteiger charge is -2.25. The van der Waals surface area contributed by atoms with Gasteiger partial charge in [0.15, 0.2) is 0 Å². The third-order valence-electron chi connectivity index (χ3n) is 3.56. The fourth-order valence-corrected chi connectivity index (χ4v) is 2.55. The molecule has 1 fully saturated rings. The monoisotopic (exact) mass is 267 g/mol. The molecule has 1 heterocycles. The Hall–Kier alpha value is -1.33. The summed E-state index contributed by atoms with van der Waals surface area (Å²) >= 11 is 0. The first-order chi connectivity index (χ1) is 9.19. The number of esters is 1. The van der Waals surface area contributed by atoms with Gasteiger partial charge in [-0.25, -0.2) is 4.79 Å². The van der Waals surface area contributed by atoms with E-state index in [1.54, 1.807) is 6.07 Å². The molecule has 2 rings (SSSR count). The molecule has 106 valence electrons. The number of aliphatic hydroxyl groups is 1. The second-order valence-corrected chi connectivity index (χ2v) is 5.11. The highest BCUT2D eigenvalue weighted by Gasteiger charge is 2.19. The number of nitrogens with one attached hydrogen (secondary N) is 1. The largest absolute Gasteiger partial charge is 0.467 e. The van der Waals surface area contributed by atoms with E-state index in [0.717, 1.165) is 38.0 Å². The Balaban J connectivity index is 1.73. The third-order valence-corrected chi connectivity index (χ3v) is 3.56. The molecule has 0 amide bonds. The summed E-state index contributed by atoms with van der Waals surface area (Å²) in [6.45, 7) is 1.45. The topological polar surface area (TPSA) is 71.7 Å². The van der Waals surface area contributed by atoms with Gasteiger partial charge in [-0.1, -0.05) is 6.42 Å². The van der Waals surface area contributed by atoms with Gasteiger partial charge in [0.25, 0.3) is 0 Å². The second-order valence-electron chi connectivity index (χ2n) is 5.11. The smallest absolute Gasteiger partial charge is 0.341 e. The lowest BCUT2D eigenvalue weighted by Crippen LogP contribution is -2.28. The van der Waals surface area contributed by atoms with E-state index in [-0.39, 0.29) is 12.1 Å². The zero-order valence-electron chi connectivity index (χ0n) is 11.2. The summed E-state index contributed by atoms with van der Waals surface area (Å²) in [7, 11) is 1.35. The van der Waals surface area contributed by atoms with Crippen LogP contribution >= 0.6 is 0 Å². The number of hydrogen-bond donors (Lipinski definition) is 2. The zero-order valence-corrected chi connectivity index (χ0v) is 11.2. The van der Waals surface area contributed by atoms with Crippen molar-refractivity contribution < 1.29 is 19.1 Å². The molecule has 0 aliphatic heterocycles. The molecule has 1 aliphatic carbocycles. The molecule has 0 bridgehead atoms. The number of carbonyl (C=O) groups excluding carboxylic acids is 1.